The summed E-state index contributed by atoms with van der Waals surface area (Å²) < 4.78 is 0. The van der Waals surface area contributed by atoms with Crippen LogP contribution in [0.2, 0.25) is 0 Å². The van der Waals surface area contributed by atoms with Gasteiger partial charge in [-0.25, -0.2) is 0 Å². The first-order chi connectivity index (χ1) is 10.2. The number of hydrogen-bond acceptors (Lipinski definition) is 1. The molecule has 0 radical (unpaired) electrons. The molecule has 2 aliphatic carbocycles. The van der Waals surface area contributed by atoms with E-state index >= 15 is 0 Å². The van der Waals surface area contributed by atoms with Gasteiger partial charge in [0.2, 0.25) is 0 Å². The van der Waals surface area contributed by atoms with E-state index in [2.05, 4.69) is 40.7 Å². The van der Waals surface area contributed by atoms with Crippen LogP contribution < -0.4 is 0 Å². The zero-order valence-electron chi connectivity index (χ0n) is 15.1. The van der Waals surface area contributed by atoms with E-state index in [1.165, 1.54) is 32.1 Å². The van der Waals surface area contributed by atoms with Crippen LogP contribution in [-0.4, -0.2) is 11.1 Å². The molecule has 0 aromatic carbocycles. The molecule has 0 heterocycles. The zero-order chi connectivity index (χ0) is 16.5. The minimum atomic E-state index is -0.657. The number of aliphatic carboxylic acids is 1. The van der Waals surface area contributed by atoms with Gasteiger partial charge in [-0.1, -0.05) is 39.3 Å². The van der Waals surface area contributed by atoms with E-state index in [9.17, 15) is 4.79 Å². The van der Waals surface area contributed by atoms with Crippen molar-refractivity contribution in [2.75, 3.05) is 0 Å². The fourth-order valence-corrected chi connectivity index (χ4v) is 5.29. The van der Waals surface area contributed by atoms with E-state index in [4.69, 9.17) is 5.11 Å². The maximum Gasteiger partial charge on any atom is 0.303 e. The van der Waals surface area contributed by atoms with Crippen LogP contribution in [0.4, 0.5) is 0 Å². The first-order valence-corrected chi connectivity index (χ1v) is 9.09. The maximum absolute atomic E-state index is 10.9. The maximum atomic E-state index is 10.9. The first-order valence-electron chi connectivity index (χ1n) is 9.09. The molecule has 0 saturated heterocycles. The Hall–Kier alpha value is -0.790. The highest BCUT2D eigenvalue weighted by molar-refractivity contribution is 5.66. The third-order valence-electron chi connectivity index (χ3n) is 7.29. The Morgan fingerprint density at radius 2 is 2.09 bits per heavy atom. The topological polar surface area (TPSA) is 37.3 Å². The van der Waals surface area contributed by atoms with Gasteiger partial charge in [0.1, 0.15) is 0 Å². The number of carboxylic acid groups (broad SMARTS) is 1. The van der Waals surface area contributed by atoms with Crippen LogP contribution in [0.3, 0.4) is 0 Å². The molecule has 1 saturated carbocycles. The molecule has 0 bridgehead atoms. The second kappa shape index (κ2) is 6.37. The summed E-state index contributed by atoms with van der Waals surface area (Å²) in [4.78, 5) is 10.9. The summed E-state index contributed by atoms with van der Waals surface area (Å²) in [5, 5.41) is 8.99. The zero-order valence-corrected chi connectivity index (χ0v) is 15.1. The molecule has 0 spiro atoms. The molecule has 0 amide bonds. The van der Waals surface area contributed by atoms with Gasteiger partial charge in [0.25, 0.3) is 0 Å². The van der Waals surface area contributed by atoms with Crippen molar-refractivity contribution in [1.82, 2.24) is 0 Å². The fraction of sp³-hybridized carbons (Fsp3) is 0.850. The van der Waals surface area contributed by atoms with Crippen LogP contribution in [0.15, 0.2) is 11.6 Å². The van der Waals surface area contributed by atoms with Gasteiger partial charge in [0.05, 0.1) is 0 Å². The third-order valence-corrected chi connectivity index (χ3v) is 7.29. The van der Waals surface area contributed by atoms with E-state index < -0.39 is 5.97 Å². The normalized spacial score (nSPS) is 39.8. The van der Waals surface area contributed by atoms with Crippen molar-refractivity contribution in [1.29, 1.82) is 0 Å². The second-order valence-corrected chi connectivity index (χ2v) is 8.62. The lowest BCUT2D eigenvalue weighted by molar-refractivity contribution is -0.138. The largest absolute Gasteiger partial charge is 0.481 e. The van der Waals surface area contributed by atoms with E-state index in [0.29, 0.717) is 17.3 Å². The van der Waals surface area contributed by atoms with Crippen molar-refractivity contribution in [2.24, 2.45) is 28.6 Å². The molecule has 1 N–H and O–H groups in total. The molecular weight excluding hydrogens is 272 g/mol. The molecule has 0 aromatic heterocycles. The van der Waals surface area contributed by atoms with Gasteiger partial charge < -0.3 is 5.11 Å². The van der Waals surface area contributed by atoms with Crippen molar-refractivity contribution >= 4 is 5.97 Å². The Morgan fingerprint density at radius 1 is 1.41 bits per heavy atom. The Morgan fingerprint density at radius 3 is 2.73 bits per heavy atom. The molecule has 0 aliphatic heterocycles. The number of carbonyl (C=O) groups is 1. The van der Waals surface area contributed by atoms with Crippen molar-refractivity contribution in [3.05, 3.63) is 11.6 Å². The van der Waals surface area contributed by atoms with Crippen molar-refractivity contribution < 1.29 is 9.90 Å². The summed E-state index contributed by atoms with van der Waals surface area (Å²) in [6.07, 6.45) is 10.1. The van der Waals surface area contributed by atoms with E-state index in [0.717, 1.165) is 18.3 Å². The van der Waals surface area contributed by atoms with Crippen LogP contribution >= 0.6 is 0 Å². The summed E-state index contributed by atoms with van der Waals surface area (Å²) in [5.41, 5.74) is 2.32. The van der Waals surface area contributed by atoms with E-state index in [1.54, 1.807) is 5.57 Å². The minimum absolute atomic E-state index is 0.287. The molecule has 2 aliphatic rings. The lowest BCUT2D eigenvalue weighted by Gasteiger charge is -2.58. The molecule has 2 heteroatoms. The Kier molecular flexibility index (Phi) is 5.09. The summed E-state index contributed by atoms with van der Waals surface area (Å²) >= 11 is 0. The molecule has 126 valence electrons. The Bertz CT molecular complexity index is 453. The summed E-state index contributed by atoms with van der Waals surface area (Å²) in [6.45, 7) is 11.8. The van der Waals surface area contributed by atoms with E-state index in [1.807, 2.05) is 0 Å². The number of fused-ring (bicyclic) bond motifs is 1. The molecule has 0 unspecified atom stereocenters. The molecule has 2 nitrogen and oxygen atoms in total. The van der Waals surface area contributed by atoms with Crippen molar-refractivity contribution in [3.8, 4) is 0 Å². The number of hydrogen-bond donors (Lipinski definition) is 1. The molecule has 1 fully saturated rings. The van der Waals surface area contributed by atoms with Gasteiger partial charge in [0.15, 0.2) is 0 Å². The molecular formula is C20H34O2. The average molecular weight is 306 g/mol. The quantitative estimate of drug-likeness (QED) is 0.664. The molecule has 5 atom stereocenters. The Labute approximate surface area is 136 Å². The second-order valence-electron chi connectivity index (χ2n) is 8.62. The fourth-order valence-electron chi connectivity index (χ4n) is 5.29. The smallest absolute Gasteiger partial charge is 0.303 e. The highest BCUT2D eigenvalue weighted by atomic mass is 16.4. The van der Waals surface area contributed by atoms with Crippen LogP contribution in [0, 0.1) is 28.6 Å². The van der Waals surface area contributed by atoms with Crippen LogP contribution in [0.1, 0.15) is 79.6 Å². The van der Waals surface area contributed by atoms with Crippen LogP contribution in [-0.2, 0) is 4.79 Å². The number of rotatable bonds is 5. The Balaban J connectivity index is 2.15. The van der Waals surface area contributed by atoms with E-state index in [-0.39, 0.29) is 5.92 Å². The lowest BCUT2D eigenvalue weighted by Crippen LogP contribution is -2.49. The van der Waals surface area contributed by atoms with Gasteiger partial charge in [-0.05, 0) is 74.0 Å². The standard InChI is InChI=1S/C20H34O2/c1-14(13-18(21)22)9-11-19(4)16(3)10-12-20(5)15(2)7-6-8-17(19)20/h7,14,16-17H,6,8-13H2,1-5H3,(H,21,22)/t14-,16-,17-,19+,20-/m1/s1. The van der Waals surface area contributed by atoms with Crippen LogP contribution in [0.25, 0.3) is 0 Å². The monoisotopic (exact) mass is 306 g/mol. The van der Waals surface area contributed by atoms with Gasteiger partial charge in [-0.2, -0.15) is 0 Å². The third kappa shape index (κ3) is 3.12. The number of carboxylic acids is 1. The summed E-state index contributed by atoms with van der Waals surface area (Å²) in [7, 11) is 0. The van der Waals surface area contributed by atoms with Gasteiger partial charge in [-0.3, -0.25) is 4.79 Å². The number of allylic oxidation sites excluding steroid dienone is 2. The minimum Gasteiger partial charge on any atom is -0.481 e. The molecule has 22 heavy (non-hydrogen) atoms. The summed E-state index contributed by atoms with van der Waals surface area (Å²) in [5.74, 6) is 1.13. The van der Waals surface area contributed by atoms with Crippen molar-refractivity contribution in [2.45, 2.75) is 79.6 Å². The predicted octanol–water partition coefficient (Wildman–Crippen LogP) is 5.68. The molecule has 2 rings (SSSR count). The SMILES string of the molecule is CC1=CCC[C@@H]2[C@@](C)(CC[C@@H](C)CC(=O)O)[C@H](C)CC[C@]12C. The first kappa shape index (κ1) is 17.6. The van der Waals surface area contributed by atoms with Gasteiger partial charge in [0, 0.05) is 6.42 Å². The van der Waals surface area contributed by atoms with Crippen molar-refractivity contribution in [3.63, 3.8) is 0 Å². The highest BCUT2D eigenvalue weighted by Gasteiger charge is 2.52. The highest BCUT2D eigenvalue weighted by Crippen LogP contribution is 2.61. The van der Waals surface area contributed by atoms with Gasteiger partial charge >= 0.3 is 5.97 Å². The average Bonchev–Trinajstić information content (AvgIpc) is 2.43. The summed E-state index contributed by atoms with van der Waals surface area (Å²) in [6, 6.07) is 0. The lowest BCUT2D eigenvalue weighted by atomic mass is 9.47. The molecule has 0 aromatic rings. The predicted molar refractivity (Wildman–Crippen MR) is 91.7 cm³/mol. The van der Waals surface area contributed by atoms with Crippen LogP contribution in [0.5, 0.6) is 0 Å². The van der Waals surface area contributed by atoms with Gasteiger partial charge in [-0.15, -0.1) is 0 Å².